The van der Waals surface area contributed by atoms with Gasteiger partial charge in [0, 0.05) is 6.42 Å². The number of carbonyl (C=O) groups is 1. The van der Waals surface area contributed by atoms with Crippen molar-refractivity contribution in [1.82, 2.24) is 0 Å². The number of para-hydroxylation sites is 1. The Bertz CT molecular complexity index is 431. The number of hydrogen-bond donors (Lipinski definition) is 0. The zero-order chi connectivity index (χ0) is 14.4. The Hall–Kier alpha value is -1.31. The second-order valence-electron chi connectivity index (χ2n) is 6.13. The number of ether oxygens (including phenoxy) is 1. The first-order chi connectivity index (χ1) is 9.66. The molecular weight excluding hydrogens is 248 g/mol. The standard InChI is InChI=1S/C18H26O2/c1-14(2)20-18-11-7-6-10-16(18)17(19)13-12-15-8-4-3-5-9-15/h6-7,10-11,14-15H,3-5,8-9,12-13H2,1-2H3. The van der Waals surface area contributed by atoms with Gasteiger partial charge < -0.3 is 4.74 Å². The highest BCUT2D eigenvalue weighted by Crippen LogP contribution is 2.29. The molecule has 0 saturated heterocycles. The number of Topliss-reactive ketones (excluding diaryl/α,β-unsaturated/α-hetero) is 1. The highest BCUT2D eigenvalue weighted by molar-refractivity contribution is 5.98. The molecule has 0 spiro atoms. The van der Waals surface area contributed by atoms with Crippen molar-refractivity contribution in [1.29, 1.82) is 0 Å². The largest absolute Gasteiger partial charge is 0.490 e. The van der Waals surface area contributed by atoms with E-state index < -0.39 is 0 Å². The van der Waals surface area contributed by atoms with Crippen molar-refractivity contribution in [3.8, 4) is 5.75 Å². The van der Waals surface area contributed by atoms with E-state index in [1.165, 1.54) is 32.1 Å². The molecule has 20 heavy (non-hydrogen) atoms. The molecule has 0 N–H and O–H groups in total. The Morgan fingerprint density at radius 3 is 2.60 bits per heavy atom. The van der Waals surface area contributed by atoms with Crippen molar-refractivity contribution in [2.24, 2.45) is 5.92 Å². The molecule has 0 atom stereocenters. The Morgan fingerprint density at radius 1 is 1.20 bits per heavy atom. The monoisotopic (exact) mass is 274 g/mol. The lowest BCUT2D eigenvalue weighted by Crippen LogP contribution is -2.12. The van der Waals surface area contributed by atoms with E-state index in [0.29, 0.717) is 6.42 Å². The molecule has 0 radical (unpaired) electrons. The second kappa shape index (κ2) is 7.47. The van der Waals surface area contributed by atoms with Gasteiger partial charge in [-0.1, -0.05) is 44.2 Å². The van der Waals surface area contributed by atoms with Crippen LogP contribution in [-0.4, -0.2) is 11.9 Å². The molecular formula is C18H26O2. The van der Waals surface area contributed by atoms with E-state index in [-0.39, 0.29) is 11.9 Å². The van der Waals surface area contributed by atoms with Crippen LogP contribution in [0.5, 0.6) is 5.75 Å². The average Bonchev–Trinajstić information content (AvgIpc) is 2.46. The predicted molar refractivity (Wildman–Crippen MR) is 82.3 cm³/mol. The minimum Gasteiger partial charge on any atom is -0.490 e. The van der Waals surface area contributed by atoms with Crippen molar-refractivity contribution in [2.45, 2.75) is 64.9 Å². The quantitative estimate of drug-likeness (QED) is 0.681. The maximum atomic E-state index is 12.4. The SMILES string of the molecule is CC(C)Oc1ccccc1C(=O)CCC1CCCCC1. The number of ketones is 1. The van der Waals surface area contributed by atoms with Crippen LogP contribution in [-0.2, 0) is 0 Å². The zero-order valence-electron chi connectivity index (χ0n) is 12.7. The van der Waals surface area contributed by atoms with E-state index in [1.54, 1.807) is 0 Å². The van der Waals surface area contributed by atoms with Gasteiger partial charge in [0.2, 0.25) is 0 Å². The van der Waals surface area contributed by atoms with E-state index in [1.807, 2.05) is 38.1 Å². The zero-order valence-corrected chi connectivity index (χ0v) is 12.7. The van der Waals surface area contributed by atoms with Gasteiger partial charge in [-0.2, -0.15) is 0 Å². The van der Waals surface area contributed by atoms with Gasteiger partial charge in [0.25, 0.3) is 0 Å². The number of benzene rings is 1. The maximum absolute atomic E-state index is 12.4. The van der Waals surface area contributed by atoms with Gasteiger partial charge in [-0.15, -0.1) is 0 Å². The van der Waals surface area contributed by atoms with Crippen molar-refractivity contribution in [3.63, 3.8) is 0 Å². The molecule has 0 aromatic heterocycles. The molecule has 110 valence electrons. The Labute approximate surface area is 122 Å². The maximum Gasteiger partial charge on any atom is 0.166 e. The van der Waals surface area contributed by atoms with Crippen LogP contribution in [0.2, 0.25) is 0 Å². The second-order valence-corrected chi connectivity index (χ2v) is 6.13. The molecule has 1 saturated carbocycles. The fourth-order valence-corrected chi connectivity index (χ4v) is 3.00. The van der Waals surface area contributed by atoms with Crippen molar-refractivity contribution < 1.29 is 9.53 Å². The summed E-state index contributed by atoms with van der Waals surface area (Å²) in [5.74, 6) is 1.72. The molecule has 2 rings (SSSR count). The number of rotatable bonds is 6. The topological polar surface area (TPSA) is 26.3 Å². The molecule has 1 fully saturated rings. The summed E-state index contributed by atoms with van der Waals surface area (Å²) >= 11 is 0. The summed E-state index contributed by atoms with van der Waals surface area (Å²) in [5, 5.41) is 0. The van der Waals surface area contributed by atoms with Crippen molar-refractivity contribution >= 4 is 5.78 Å². The molecule has 1 aromatic rings. The van der Waals surface area contributed by atoms with Gasteiger partial charge in [0.05, 0.1) is 11.7 Å². The molecule has 2 nitrogen and oxygen atoms in total. The Morgan fingerprint density at radius 2 is 1.90 bits per heavy atom. The van der Waals surface area contributed by atoms with Crippen LogP contribution in [0.1, 0.15) is 69.2 Å². The first-order valence-electron chi connectivity index (χ1n) is 7.95. The van der Waals surface area contributed by atoms with Crippen LogP contribution in [0.25, 0.3) is 0 Å². The summed E-state index contributed by atoms with van der Waals surface area (Å²) in [6, 6.07) is 7.63. The average molecular weight is 274 g/mol. The van der Waals surface area contributed by atoms with Crippen LogP contribution in [0.15, 0.2) is 24.3 Å². The van der Waals surface area contributed by atoms with Crippen molar-refractivity contribution in [2.75, 3.05) is 0 Å². The van der Waals surface area contributed by atoms with Crippen LogP contribution < -0.4 is 4.74 Å². The van der Waals surface area contributed by atoms with Gasteiger partial charge in [0.15, 0.2) is 5.78 Å². The predicted octanol–water partition coefficient (Wildman–Crippen LogP) is 5.02. The van der Waals surface area contributed by atoms with Crippen LogP contribution in [0.4, 0.5) is 0 Å². The van der Waals surface area contributed by atoms with E-state index in [0.717, 1.165) is 23.7 Å². The molecule has 1 aliphatic carbocycles. The first-order valence-corrected chi connectivity index (χ1v) is 7.95. The summed E-state index contributed by atoms with van der Waals surface area (Å²) < 4.78 is 5.74. The lowest BCUT2D eigenvalue weighted by molar-refractivity contribution is 0.0964. The van der Waals surface area contributed by atoms with Gasteiger partial charge >= 0.3 is 0 Å². The van der Waals surface area contributed by atoms with Gasteiger partial charge in [0.1, 0.15) is 5.75 Å². The summed E-state index contributed by atoms with van der Waals surface area (Å²) in [7, 11) is 0. The number of hydrogen-bond acceptors (Lipinski definition) is 2. The minimum absolute atomic E-state index is 0.0993. The third kappa shape index (κ3) is 4.36. The third-order valence-electron chi connectivity index (χ3n) is 4.05. The minimum atomic E-state index is 0.0993. The smallest absolute Gasteiger partial charge is 0.166 e. The summed E-state index contributed by atoms with van der Waals surface area (Å²) in [5.41, 5.74) is 0.747. The van der Waals surface area contributed by atoms with Gasteiger partial charge in [-0.25, -0.2) is 0 Å². The lowest BCUT2D eigenvalue weighted by Gasteiger charge is -2.21. The van der Waals surface area contributed by atoms with Crippen LogP contribution in [0.3, 0.4) is 0 Å². The van der Waals surface area contributed by atoms with Gasteiger partial charge in [-0.3, -0.25) is 4.79 Å². The fraction of sp³-hybridized carbons (Fsp3) is 0.611. The fourth-order valence-electron chi connectivity index (χ4n) is 3.00. The summed E-state index contributed by atoms with van der Waals surface area (Å²) in [4.78, 5) is 12.4. The molecule has 2 heteroatoms. The summed E-state index contributed by atoms with van der Waals surface area (Å²) in [6.07, 6.45) is 8.45. The highest BCUT2D eigenvalue weighted by Gasteiger charge is 2.17. The molecule has 1 aromatic carbocycles. The van der Waals surface area contributed by atoms with E-state index in [9.17, 15) is 4.79 Å². The molecule has 0 amide bonds. The molecule has 0 aliphatic heterocycles. The highest BCUT2D eigenvalue weighted by atomic mass is 16.5. The van der Waals surface area contributed by atoms with Gasteiger partial charge in [-0.05, 0) is 38.3 Å². The summed E-state index contributed by atoms with van der Waals surface area (Å²) in [6.45, 7) is 3.98. The normalized spacial score (nSPS) is 16.4. The van der Waals surface area contributed by atoms with E-state index >= 15 is 0 Å². The molecule has 1 aliphatic rings. The molecule has 0 bridgehead atoms. The van der Waals surface area contributed by atoms with Crippen LogP contribution in [0, 0.1) is 5.92 Å². The number of carbonyl (C=O) groups excluding carboxylic acids is 1. The van der Waals surface area contributed by atoms with E-state index in [4.69, 9.17) is 4.74 Å². The van der Waals surface area contributed by atoms with E-state index in [2.05, 4.69) is 0 Å². The van der Waals surface area contributed by atoms with Crippen LogP contribution >= 0.6 is 0 Å². The Balaban J connectivity index is 1.94. The third-order valence-corrected chi connectivity index (χ3v) is 4.05. The lowest BCUT2D eigenvalue weighted by atomic mass is 9.85. The first kappa shape index (κ1) is 15.1. The molecule has 0 unspecified atom stereocenters. The van der Waals surface area contributed by atoms with Crippen molar-refractivity contribution in [3.05, 3.63) is 29.8 Å². The Kier molecular flexibility index (Phi) is 5.63. The molecule has 0 heterocycles.